The molecule has 0 amide bonds. The number of benzene rings is 1. The minimum atomic E-state index is -0.679. The van der Waals surface area contributed by atoms with Gasteiger partial charge in [0.1, 0.15) is 0 Å². The van der Waals surface area contributed by atoms with Crippen LogP contribution in [0.4, 0.5) is 0 Å². The molecule has 0 bridgehead atoms. The second-order valence-electron chi connectivity index (χ2n) is 8.86. The molecule has 6 heteroatoms. The molecule has 1 heterocycles. The number of aliphatic carboxylic acids is 1. The van der Waals surface area contributed by atoms with Crippen molar-refractivity contribution in [3.63, 3.8) is 0 Å². The van der Waals surface area contributed by atoms with Crippen LogP contribution >= 0.6 is 0 Å². The first-order chi connectivity index (χ1) is 13.6. The van der Waals surface area contributed by atoms with Gasteiger partial charge in [0.05, 0.1) is 5.92 Å². The van der Waals surface area contributed by atoms with Crippen LogP contribution in [0.1, 0.15) is 74.1 Å². The largest absolute Gasteiger partial charge is 0.481 e. The van der Waals surface area contributed by atoms with E-state index in [-0.39, 0.29) is 17.3 Å². The van der Waals surface area contributed by atoms with Crippen molar-refractivity contribution in [1.82, 2.24) is 15.5 Å². The van der Waals surface area contributed by atoms with Gasteiger partial charge in [0.2, 0.25) is 5.89 Å². The van der Waals surface area contributed by atoms with Gasteiger partial charge in [-0.25, -0.2) is 0 Å². The molecular formula is C22H27N3O3. The molecule has 2 N–H and O–H groups in total. The number of nitrogens with one attached hydrogen (secondary N) is 1. The minimum Gasteiger partial charge on any atom is -0.481 e. The first kappa shape index (κ1) is 17.9. The van der Waals surface area contributed by atoms with E-state index in [1.54, 1.807) is 0 Å². The molecule has 3 saturated carbocycles. The molecule has 2 atom stereocenters. The Labute approximate surface area is 164 Å². The van der Waals surface area contributed by atoms with Crippen LogP contribution in [0.3, 0.4) is 0 Å². The van der Waals surface area contributed by atoms with E-state index in [1.165, 1.54) is 12.0 Å². The fourth-order valence-electron chi connectivity index (χ4n) is 4.65. The fourth-order valence-corrected chi connectivity index (χ4v) is 4.65. The highest BCUT2D eigenvalue weighted by atomic mass is 16.5. The molecular weight excluding hydrogens is 354 g/mol. The molecule has 0 radical (unpaired) electrons. The van der Waals surface area contributed by atoms with Gasteiger partial charge in [-0.2, -0.15) is 4.98 Å². The highest BCUT2D eigenvalue weighted by Crippen LogP contribution is 2.48. The number of carboxylic acid groups (broad SMARTS) is 1. The maximum Gasteiger partial charge on any atom is 0.306 e. The van der Waals surface area contributed by atoms with Gasteiger partial charge in [-0.1, -0.05) is 35.5 Å². The third kappa shape index (κ3) is 3.46. The molecule has 1 aromatic heterocycles. The first-order valence-corrected chi connectivity index (χ1v) is 10.5. The summed E-state index contributed by atoms with van der Waals surface area (Å²) in [5, 5.41) is 17.2. The van der Waals surface area contributed by atoms with Crippen molar-refractivity contribution in [2.45, 2.75) is 68.2 Å². The molecule has 3 aliphatic carbocycles. The van der Waals surface area contributed by atoms with Crippen molar-refractivity contribution < 1.29 is 14.4 Å². The summed E-state index contributed by atoms with van der Waals surface area (Å²) in [7, 11) is 0. The molecule has 1 aromatic carbocycles. The van der Waals surface area contributed by atoms with Crippen LogP contribution in [-0.2, 0) is 10.2 Å². The molecule has 0 spiro atoms. The van der Waals surface area contributed by atoms with Crippen LogP contribution < -0.4 is 5.32 Å². The van der Waals surface area contributed by atoms with Gasteiger partial charge in [-0.05, 0) is 50.5 Å². The predicted octanol–water partition coefficient (Wildman–Crippen LogP) is 3.61. The zero-order valence-corrected chi connectivity index (χ0v) is 16.0. The van der Waals surface area contributed by atoms with E-state index in [0.717, 1.165) is 38.1 Å². The molecule has 28 heavy (non-hydrogen) atoms. The molecule has 0 saturated heterocycles. The van der Waals surface area contributed by atoms with Gasteiger partial charge in [-0.15, -0.1) is 0 Å². The summed E-state index contributed by atoms with van der Waals surface area (Å²) in [4.78, 5) is 15.9. The van der Waals surface area contributed by atoms with Crippen molar-refractivity contribution in [3.05, 3.63) is 47.6 Å². The second kappa shape index (κ2) is 6.99. The van der Waals surface area contributed by atoms with Crippen molar-refractivity contribution in [3.8, 4) is 0 Å². The van der Waals surface area contributed by atoms with Gasteiger partial charge in [0.25, 0.3) is 0 Å². The Kier molecular flexibility index (Phi) is 4.46. The SMILES string of the molecule is O=C(O)C1CCC(c2nc(C3(CNC4C[C@@H]4c4ccccc4)CC3)no2)CC1. The molecule has 3 aliphatic rings. The number of aromatic nitrogens is 2. The molecule has 1 unspecified atom stereocenters. The number of nitrogens with zero attached hydrogens (tertiary/aromatic N) is 2. The number of carbonyl (C=O) groups is 1. The number of carboxylic acids is 1. The van der Waals surface area contributed by atoms with E-state index in [2.05, 4.69) is 40.8 Å². The lowest BCUT2D eigenvalue weighted by atomic mass is 9.82. The van der Waals surface area contributed by atoms with Crippen LogP contribution in [-0.4, -0.2) is 33.8 Å². The lowest BCUT2D eigenvalue weighted by Gasteiger charge is -2.23. The van der Waals surface area contributed by atoms with Gasteiger partial charge in [0.15, 0.2) is 5.82 Å². The van der Waals surface area contributed by atoms with E-state index >= 15 is 0 Å². The summed E-state index contributed by atoms with van der Waals surface area (Å²) in [6.07, 6.45) is 6.46. The standard InChI is InChI=1S/C22H27N3O3/c26-20(27)16-8-6-15(7-9-16)19-24-21(25-28-19)22(10-11-22)13-23-18-12-17(18)14-4-2-1-3-5-14/h1-5,15-18,23H,6-13H2,(H,26,27)/t15?,16?,17-,18?/m1/s1. The maximum atomic E-state index is 11.1. The summed E-state index contributed by atoms with van der Waals surface area (Å²) in [6.45, 7) is 0.908. The van der Waals surface area contributed by atoms with E-state index in [4.69, 9.17) is 14.6 Å². The normalized spacial score (nSPS) is 30.7. The Balaban J connectivity index is 1.17. The quantitative estimate of drug-likeness (QED) is 0.762. The van der Waals surface area contributed by atoms with Crippen molar-refractivity contribution in [2.24, 2.45) is 5.92 Å². The summed E-state index contributed by atoms with van der Waals surface area (Å²) in [5.74, 6) is 1.50. The molecule has 148 valence electrons. The lowest BCUT2D eigenvalue weighted by molar-refractivity contribution is -0.142. The second-order valence-corrected chi connectivity index (χ2v) is 8.86. The van der Waals surface area contributed by atoms with Crippen LogP contribution in [0.2, 0.25) is 0 Å². The van der Waals surface area contributed by atoms with Crippen LogP contribution in [0, 0.1) is 5.92 Å². The summed E-state index contributed by atoms with van der Waals surface area (Å²) < 4.78 is 5.60. The van der Waals surface area contributed by atoms with Gasteiger partial charge >= 0.3 is 5.97 Å². The Morgan fingerprint density at radius 1 is 1.18 bits per heavy atom. The topological polar surface area (TPSA) is 88.2 Å². The minimum absolute atomic E-state index is 0.0316. The molecule has 3 fully saturated rings. The van der Waals surface area contributed by atoms with Gasteiger partial charge in [-0.3, -0.25) is 4.79 Å². The third-order valence-corrected chi connectivity index (χ3v) is 6.92. The van der Waals surface area contributed by atoms with Crippen molar-refractivity contribution >= 4 is 5.97 Å². The first-order valence-electron chi connectivity index (χ1n) is 10.5. The monoisotopic (exact) mass is 381 g/mol. The number of hydrogen-bond acceptors (Lipinski definition) is 5. The number of rotatable bonds is 7. The van der Waals surface area contributed by atoms with Crippen molar-refractivity contribution in [1.29, 1.82) is 0 Å². The van der Waals surface area contributed by atoms with E-state index in [0.29, 0.717) is 30.7 Å². The highest BCUT2D eigenvalue weighted by molar-refractivity contribution is 5.70. The molecule has 2 aromatic rings. The number of hydrogen-bond donors (Lipinski definition) is 2. The molecule has 6 nitrogen and oxygen atoms in total. The van der Waals surface area contributed by atoms with Crippen LogP contribution in [0.15, 0.2) is 34.9 Å². The molecule has 5 rings (SSSR count). The zero-order chi connectivity index (χ0) is 19.1. The van der Waals surface area contributed by atoms with E-state index in [1.807, 2.05) is 0 Å². The molecule has 0 aliphatic heterocycles. The predicted molar refractivity (Wildman–Crippen MR) is 103 cm³/mol. The summed E-state index contributed by atoms with van der Waals surface area (Å²) in [6, 6.07) is 11.3. The Morgan fingerprint density at radius 2 is 1.93 bits per heavy atom. The Bertz CT molecular complexity index is 838. The Hall–Kier alpha value is -2.21. The fraction of sp³-hybridized carbons (Fsp3) is 0.591. The Morgan fingerprint density at radius 3 is 2.61 bits per heavy atom. The summed E-state index contributed by atoms with van der Waals surface area (Å²) >= 11 is 0. The van der Waals surface area contributed by atoms with Crippen LogP contribution in [0.5, 0.6) is 0 Å². The van der Waals surface area contributed by atoms with Crippen LogP contribution in [0.25, 0.3) is 0 Å². The average Bonchev–Trinajstić information content (AvgIpc) is 3.64. The van der Waals surface area contributed by atoms with Gasteiger partial charge < -0.3 is 14.9 Å². The lowest BCUT2D eigenvalue weighted by Crippen LogP contribution is -2.30. The zero-order valence-electron chi connectivity index (χ0n) is 16.0. The summed E-state index contributed by atoms with van der Waals surface area (Å²) in [5.41, 5.74) is 1.45. The van der Waals surface area contributed by atoms with E-state index < -0.39 is 5.97 Å². The van der Waals surface area contributed by atoms with E-state index in [9.17, 15) is 4.79 Å². The third-order valence-electron chi connectivity index (χ3n) is 6.92. The van der Waals surface area contributed by atoms with Gasteiger partial charge in [0, 0.05) is 29.8 Å². The average molecular weight is 381 g/mol. The van der Waals surface area contributed by atoms with Crippen molar-refractivity contribution in [2.75, 3.05) is 6.54 Å². The maximum absolute atomic E-state index is 11.1. The smallest absolute Gasteiger partial charge is 0.306 e. The highest BCUT2D eigenvalue weighted by Gasteiger charge is 2.50.